The van der Waals surface area contributed by atoms with Crippen LogP contribution in [0, 0.1) is 12.7 Å². The lowest BCUT2D eigenvalue weighted by Gasteiger charge is -2.14. The van der Waals surface area contributed by atoms with Crippen LogP contribution in [0.25, 0.3) is 0 Å². The Labute approximate surface area is 120 Å². The molecule has 0 saturated carbocycles. The molecule has 0 aliphatic rings. The first kappa shape index (κ1) is 15.4. The number of aliphatic hydroxyl groups excluding tert-OH is 1. The third-order valence-electron chi connectivity index (χ3n) is 3.19. The molecule has 0 aliphatic carbocycles. The molecule has 0 spiro atoms. The molecule has 21 heavy (non-hydrogen) atoms. The van der Waals surface area contributed by atoms with Crippen LogP contribution in [-0.2, 0) is 6.42 Å². The van der Waals surface area contributed by atoms with Gasteiger partial charge in [0.15, 0.2) is 0 Å². The second kappa shape index (κ2) is 6.63. The van der Waals surface area contributed by atoms with Gasteiger partial charge in [0.05, 0.1) is 6.10 Å². The summed E-state index contributed by atoms with van der Waals surface area (Å²) in [5.41, 5.74) is 2.00. The van der Waals surface area contributed by atoms with Gasteiger partial charge in [-0.25, -0.2) is 4.39 Å². The van der Waals surface area contributed by atoms with E-state index < -0.39 is 12.7 Å². The minimum Gasteiger partial charge on any atom is -0.435 e. The van der Waals surface area contributed by atoms with Gasteiger partial charge in [-0.3, -0.25) is 0 Å². The molecule has 1 atom stereocenters. The zero-order chi connectivity index (χ0) is 15.4. The Bertz CT molecular complexity index is 614. The van der Waals surface area contributed by atoms with E-state index in [0.29, 0.717) is 5.56 Å². The summed E-state index contributed by atoms with van der Waals surface area (Å²) >= 11 is 0. The summed E-state index contributed by atoms with van der Waals surface area (Å²) in [5, 5.41) is 10.2. The fraction of sp³-hybridized carbons (Fsp3) is 0.250. The molecule has 0 fully saturated rings. The highest BCUT2D eigenvalue weighted by Crippen LogP contribution is 2.24. The zero-order valence-corrected chi connectivity index (χ0v) is 11.4. The lowest BCUT2D eigenvalue weighted by molar-refractivity contribution is -0.0499. The van der Waals surface area contributed by atoms with Gasteiger partial charge in [0.2, 0.25) is 0 Å². The van der Waals surface area contributed by atoms with Gasteiger partial charge in [-0.2, -0.15) is 8.78 Å². The molecule has 112 valence electrons. The molecule has 0 bridgehead atoms. The number of hydrogen-bond donors (Lipinski definition) is 1. The molecule has 0 radical (unpaired) electrons. The van der Waals surface area contributed by atoms with Crippen LogP contribution in [0.4, 0.5) is 13.2 Å². The highest BCUT2D eigenvalue weighted by molar-refractivity contribution is 5.33. The summed E-state index contributed by atoms with van der Waals surface area (Å²) in [5.74, 6) is -0.338. The predicted octanol–water partition coefficient (Wildman–Crippen LogP) is 4.01. The number of aryl methyl sites for hydroxylation is 1. The van der Waals surface area contributed by atoms with Crippen molar-refractivity contribution in [2.45, 2.75) is 26.1 Å². The maximum absolute atomic E-state index is 13.0. The summed E-state index contributed by atoms with van der Waals surface area (Å²) in [7, 11) is 0. The van der Waals surface area contributed by atoms with Crippen molar-refractivity contribution in [2.24, 2.45) is 0 Å². The molecular formula is C16H15F3O2. The molecule has 1 N–H and O–H groups in total. The van der Waals surface area contributed by atoms with Gasteiger partial charge < -0.3 is 9.84 Å². The molecule has 2 aromatic rings. The highest BCUT2D eigenvalue weighted by Gasteiger charge is 2.12. The first-order valence-electron chi connectivity index (χ1n) is 6.43. The van der Waals surface area contributed by atoms with Crippen molar-refractivity contribution in [3.63, 3.8) is 0 Å². The van der Waals surface area contributed by atoms with Gasteiger partial charge in [0, 0.05) is 6.42 Å². The van der Waals surface area contributed by atoms with Gasteiger partial charge in [0.25, 0.3) is 0 Å². The van der Waals surface area contributed by atoms with Crippen molar-refractivity contribution in [1.29, 1.82) is 0 Å². The van der Waals surface area contributed by atoms with E-state index in [1.807, 2.05) is 0 Å². The Kier molecular flexibility index (Phi) is 4.85. The molecule has 2 aromatic carbocycles. The lowest BCUT2D eigenvalue weighted by Crippen LogP contribution is -2.06. The van der Waals surface area contributed by atoms with Crippen LogP contribution in [0.3, 0.4) is 0 Å². The number of rotatable bonds is 5. The van der Waals surface area contributed by atoms with Crippen LogP contribution in [0.5, 0.6) is 5.75 Å². The number of alkyl halides is 2. The Hall–Kier alpha value is -2.01. The van der Waals surface area contributed by atoms with E-state index >= 15 is 0 Å². The maximum Gasteiger partial charge on any atom is 0.387 e. The summed E-state index contributed by atoms with van der Waals surface area (Å²) in [6.45, 7) is -1.15. The Morgan fingerprint density at radius 2 is 1.90 bits per heavy atom. The molecule has 0 aliphatic heterocycles. The minimum atomic E-state index is -2.91. The molecule has 0 heterocycles. The normalized spacial score (nSPS) is 12.5. The topological polar surface area (TPSA) is 29.5 Å². The standard InChI is InChI=1S/C16H15F3O2/c1-10-7-13(17)6-5-11(10)9-15(20)12-3-2-4-14(8-12)21-16(18)19/h2-8,15-16,20H,9H2,1H3. The second-order valence-corrected chi connectivity index (χ2v) is 4.74. The highest BCUT2D eigenvalue weighted by atomic mass is 19.3. The van der Waals surface area contributed by atoms with Gasteiger partial charge in [-0.1, -0.05) is 18.2 Å². The van der Waals surface area contributed by atoms with E-state index in [1.165, 1.54) is 30.3 Å². The first-order valence-corrected chi connectivity index (χ1v) is 6.43. The van der Waals surface area contributed by atoms with Crippen LogP contribution in [0.1, 0.15) is 22.8 Å². The average Bonchev–Trinajstić information content (AvgIpc) is 2.41. The number of ether oxygens (including phenoxy) is 1. The van der Waals surface area contributed by atoms with Crippen molar-refractivity contribution in [1.82, 2.24) is 0 Å². The third-order valence-corrected chi connectivity index (χ3v) is 3.19. The monoisotopic (exact) mass is 296 g/mol. The van der Waals surface area contributed by atoms with Crippen molar-refractivity contribution in [3.8, 4) is 5.75 Å². The molecular weight excluding hydrogens is 281 g/mol. The SMILES string of the molecule is Cc1cc(F)ccc1CC(O)c1cccc(OC(F)F)c1. The second-order valence-electron chi connectivity index (χ2n) is 4.74. The van der Waals surface area contributed by atoms with Crippen molar-refractivity contribution in [2.75, 3.05) is 0 Å². The molecule has 2 rings (SSSR count). The molecule has 5 heteroatoms. The summed E-state index contributed by atoms with van der Waals surface area (Å²) in [4.78, 5) is 0. The van der Waals surface area contributed by atoms with Crippen LogP contribution < -0.4 is 4.74 Å². The molecule has 2 nitrogen and oxygen atoms in total. The average molecular weight is 296 g/mol. The number of hydrogen-bond acceptors (Lipinski definition) is 2. The minimum absolute atomic E-state index is 0.00243. The van der Waals surface area contributed by atoms with E-state index in [4.69, 9.17) is 0 Å². The number of halogens is 3. The van der Waals surface area contributed by atoms with Gasteiger partial charge in [0.1, 0.15) is 11.6 Å². The summed E-state index contributed by atoms with van der Waals surface area (Å²) in [6.07, 6.45) is -0.611. The van der Waals surface area contributed by atoms with Crippen molar-refractivity contribution < 1.29 is 23.0 Å². The smallest absolute Gasteiger partial charge is 0.387 e. The fourth-order valence-corrected chi connectivity index (χ4v) is 2.11. The quantitative estimate of drug-likeness (QED) is 0.903. The molecule has 0 saturated heterocycles. The van der Waals surface area contributed by atoms with Crippen LogP contribution >= 0.6 is 0 Å². The van der Waals surface area contributed by atoms with Gasteiger partial charge >= 0.3 is 6.61 Å². The first-order chi connectivity index (χ1) is 9.95. The largest absolute Gasteiger partial charge is 0.435 e. The van der Waals surface area contributed by atoms with E-state index in [1.54, 1.807) is 19.1 Å². The fourth-order valence-electron chi connectivity index (χ4n) is 2.11. The van der Waals surface area contributed by atoms with Crippen LogP contribution in [0.2, 0.25) is 0 Å². The molecule has 0 amide bonds. The Morgan fingerprint density at radius 1 is 1.14 bits per heavy atom. The van der Waals surface area contributed by atoms with E-state index in [2.05, 4.69) is 4.74 Å². The third kappa shape index (κ3) is 4.23. The van der Waals surface area contributed by atoms with Crippen LogP contribution in [-0.4, -0.2) is 11.7 Å². The van der Waals surface area contributed by atoms with E-state index in [0.717, 1.165) is 11.1 Å². The van der Waals surface area contributed by atoms with Crippen molar-refractivity contribution >= 4 is 0 Å². The van der Waals surface area contributed by atoms with Crippen LogP contribution in [0.15, 0.2) is 42.5 Å². The van der Waals surface area contributed by atoms with E-state index in [-0.39, 0.29) is 18.0 Å². The predicted molar refractivity (Wildman–Crippen MR) is 72.9 cm³/mol. The maximum atomic E-state index is 13.0. The van der Waals surface area contributed by atoms with E-state index in [9.17, 15) is 18.3 Å². The molecule has 1 unspecified atom stereocenters. The summed E-state index contributed by atoms with van der Waals surface area (Å²) in [6, 6.07) is 10.2. The number of aliphatic hydroxyl groups is 1. The van der Waals surface area contributed by atoms with Crippen molar-refractivity contribution in [3.05, 3.63) is 65.0 Å². The Balaban J connectivity index is 2.14. The lowest BCUT2D eigenvalue weighted by atomic mass is 9.98. The molecule has 0 aromatic heterocycles. The Morgan fingerprint density at radius 3 is 2.57 bits per heavy atom. The van der Waals surface area contributed by atoms with Gasteiger partial charge in [-0.15, -0.1) is 0 Å². The zero-order valence-electron chi connectivity index (χ0n) is 11.4. The van der Waals surface area contributed by atoms with Gasteiger partial charge in [-0.05, 0) is 47.9 Å². The summed E-state index contributed by atoms with van der Waals surface area (Å²) < 4.78 is 41.7. The number of benzene rings is 2.